The maximum absolute atomic E-state index is 6.42. The Balaban J connectivity index is 2.23. The molecule has 0 bridgehead atoms. The first-order valence-corrected chi connectivity index (χ1v) is 7.17. The Labute approximate surface area is 117 Å². The van der Waals surface area contributed by atoms with Gasteiger partial charge < -0.3 is 0 Å². The molecule has 94 valence electrons. The quantitative estimate of drug-likeness (QED) is 0.671. The lowest BCUT2D eigenvalue weighted by Crippen LogP contribution is -1.98. The Morgan fingerprint density at radius 3 is 2.56 bits per heavy atom. The summed E-state index contributed by atoms with van der Waals surface area (Å²) in [5.41, 5.74) is 3.09. The molecule has 0 saturated heterocycles. The van der Waals surface area contributed by atoms with E-state index in [-0.39, 0.29) is 0 Å². The van der Waals surface area contributed by atoms with E-state index in [4.69, 9.17) is 28.2 Å². The molecule has 0 amide bonds. The number of nitrogens with zero attached hydrogens (tertiary/aromatic N) is 1. The molecule has 0 atom stereocenters. The molecule has 1 aliphatic rings. The molecular formula is C15H15Cl2N. The van der Waals surface area contributed by atoms with E-state index in [2.05, 4.69) is 0 Å². The van der Waals surface area contributed by atoms with E-state index in [0.29, 0.717) is 10.9 Å². The van der Waals surface area contributed by atoms with Gasteiger partial charge >= 0.3 is 0 Å². The largest absolute Gasteiger partial charge is 0.251 e. The molecule has 0 unspecified atom stereocenters. The summed E-state index contributed by atoms with van der Waals surface area (Å²) in [6.45, 7) is 2.04. The highest BCUT2D eigenvalue weighted by atomic mass is 35.5. The van der Waals surface area contributed by atoms with Crippen molar-refractivity contribution < 1.29 is 0 Å². The van der Waals surface area contributed by atoms with Crippen LogP contribution >= 0.6 is 23.2 Å². The monoisotopic (exact) mass is 279 g/mol. The number of aryl methyl sites for hydroxylation is 1. The number of hydrogen-bond acceptors (Lipinski definition) is 1. The summed E-state index contributed by atoms with van der Waals surface area (Å²) in [5, 5.41) is 2.46. The first kappa shape index (κ1) is 12.3. The third-order valence-corrected chi connectivity index (χ3v) is 4.47. The summed E-state index contributed by atoms with van der Waals surface area (Å²) in [6.07, 6.45) is 5.03. The van der Waals surface area contributed by atoms with Gasteiger partial charge in [-0.2, -0.15) is 0 Å². The molecule has 18 heavy (non-hydrogen) atoms. The van der Waals surface area contributed by atoms with Gasteiger partial charge in [-0.05, 0) is 37.5 Å². The molecule has 2 aromatic rings. The highest BCUT2D eigenvalue weighted by molar-refractivity contribution is 6.39. The third-order valence-electron chi connectivity index (χ3n) is 3.86. The van der Waals surface area contributed by atoms with E-state index < -0.39 is 0 Å². The van der Waals surface area contributed by atoms with Crippen LogP contribution in [-0.4, -0.2) is 4.98 Å². The maximum Gasteiger partial charge on any atom is 0.0909 e. The summed E-state index contributed by atoms with van der Waals surface area (Å²) < 4.78 is 0. The van der Waals surface area contributed by atoms with Crippen molar-refractivity contribution in [3.8, 4) is 0 Å². The number of benzene rings is 1. The molecule has 0 spiro atoms. The van der Waals surface area contributed by atoms with E-state index in [1.807, 2.05) is 25.1 Å². The van der Waals surface area contributed by atoms with Crippen LogP contribution in [0.3, 0.4) is 0 Å². The first-order valence-electron chi connectivity index (χ1n) is 6.42. The second-order valence-electron chi connectivity index (χ2n) is 5.10. The van der Waals surface area contributed by atoms with E-state index in [1.54, 1.807) is 0 Å². The molecule has 1 heterocycles. The zero-order valence-corrected chi connectivity index (χ0v) is 11.9. The van der Waals surface area contributed by atoms with Crippen molar-refractivity contribution in [2.45, 2.75) is 38.5 Å². The van der Waals surface area contributed by atoms with Gasteiger partial charge in [-0.1, -0.05) is 42.1 Å². The number of rotatable bonds is 1. The van der Waals surface area contributed by atoms with Gasteiger partial charge in [0.2, 0.25) is 0 Å². The van der Waals surface area contributed by atoms with Gasteiger partial charge in [-0.15, -0.1) is 0 Å². The Hall–Kier alpha value is -0.790. The summed E-state index contributed by atoms with van der Waals surface area (Å²) in [5.74, 6) is 0.559. The average Bonchev–Trinajstić information content (AvgIpc) is 2.87. The third kappa shape index (κ3) is 2.00. The van der Waals surface area contributed by atoms with Crippen molar-refractivity contribution in [3.63, 3.8) is 0 Å². The Kier molecular flexibility index (Phi) is 3.21. The van der Waals surface area contributed by atoms with Crippen LogP contribution in [0.1, 0.15) is 42.9 Å². The van der Waals surface area contributed by atoms with Gasteiger partial charge in [0, 0.05) is 17.0 Å². The van der Waals surface area contributed by atoms with Crippen LogP contribution in [0.5, 0.6) is 0 Å². The number of halogens is 2. The van der Waals surface area contributed by atoms with Crippen LogP contribution in [0.2, 0.25) is 10.0 Å². The fourth-order valence-corrected chi connectivity index (χ4v) is 3.42. The normalized spacial score (nSPS) is 16.6. The number of pyridine rings is 1. The Morgan fingerprint density at radius 1 is 1.11 bits per heavy atom. The lowest BCUT2D eigenvalue weighted by atomic mass is 10.0. The van der Waals surface area contributed by atoms with Crippen molar-refractivity contribution in [1.82, 2.24) is 4.98 Å². The standard InChI is InChI=1S/C15H15Cl2N/c1-9-6-7-11(16)15-14(9)12(17)8-13(18-15)10-4-2-3-5-10/h6-8,10H,2-5H2,1H3. The van der Waals surface area contributed by atoms with Crippen LogP contribution in [0.4, 0.5) is 0 Å². The maximum atomic E-state index is 6.42. The van der Waals surface area contributed by atoms with Gasteiger partial charge in [0.25, 0.3) is 0 Å². The molecule has 3 heteroatoms. The summed E-state index contributed by atoms with van der Waals surface area (Å²) >= 11 is 12.7. The van der Waals surface area contributed by atoms with E-state index in [1.165, 1.54) is 25.7 Å². The fourth-order valence-electron chi connectivity index (χ4n) is 2.87. The predicted molar refractivity (Wildman–Crippen MR) is 77.7 cm³/mol. The number of hydrogen-bond donors (Lipinski definition) is 0. The van der Waals surface area contributed by atoms with Crippen molar-refractivity contribution in [2.75, 3.05) is 0 Å². The minimum Gasteiger partial charge on any atom is -0.251 e. The van der Waals surface area contributed by atoms with Gasteiger partial charge in [-0.25, -0.2) is 0 Å². The second-order valence-corrected chi connectivity index (χ2v) is 5.91. The van der Waals surface area contributed by atoms with Crippen molar-refractivity contribution in [3.05, 3.63) is 39.5 Å². The summed E-state index contributed by atoms with van der Waals surface area (Å²) in [7, 11) is 0. The van der Waals surface area contributed by atoms with E-state index >= 15 is 0 Å². The van der Waals surface area contributed by atoms with Gasteiger partial charge in [-0.3, -0.25) is 4.98 Å². The van der Waals surface area contributed by atoms with Crippen molar-refractivity contribution >= 4 is 34.1 Å². The summed E-state index contributed by atoms with van der Waals surface area (Å²) in [4.78, 5) is 4.76. The average molecular weight is 280 g/mol. The number of fused-ring (bicyclic) bond motifs is 1. The molecule has 3 rings (SSSR count). The lowest BCUT2D eigenvalue weighted by molar-refractivity contribution is 0.701. The topological polar surface area (TPSA) is 12.9 Å². The van der Waals surface area contributed by atoms with Crippen LogP contribution in [0.25, 0.3) is 10.9 Å². The van der Waals surface area contributed by atoms with Crippen LogP contribution in [0.15, 0.2) is 18.2 Å². The predicted octanol–water partition coefficient (Wildman–Crippen LogP) is 5.51. The SMILES string of the molecule is Cc1ccc(Cl)c2nc(C3CCCC3)cc(Cl)c12. The lowest BCUT2D eigenvalue weighted by Gasteiger charge is -2.13. The van der Waals surface area contributed by atoms with E-state index in [0.717, 1.165) is 27.2 Å². The van der Waals surface area contributed by atoms with Crippen molar-refractivity contribution in [2.24, 2.45) is 0 Å². The Morgan fingerprint density at radius 2 is 1.83 bits per heavy atom. The molecule has 1 nitrogen and oxygen atoms in total. The zero-order chi connectivity index (χ0) is 12.7. The van der Waals surface area contributed by atoms with Crippen LogP contribution in [0, 0.1) is 6.92 Å². The van der Waals surface area contributed by atoms with E-state index in [9.17, 15) is 0 Å². The van der Waals surface area contributed by atoms with Crippen LogP contribution < -0.4 is 0 Å². The fraction of sp³-hybridized carbons (Fsp3) is 0.400. The molecule has 1 saturated carbocycles. The smallest absolute Gasteiger partial charge is 0.0909 e. The molecule has 0 N–H and O–H groups in total. The second kappa shape index (κ2) is 4.71. The van der Waals surface area contributed by atoms with Gasteiger partial charge in [0.05, 0.1) is 15.6 Å². The molecule has 0 radical (unpaired) electrons. The molecule has 1 fully saturated rings. The molecule has 0 aliphatic heterocycles. The zero-order valence-electron chi connectivity index (χ0n) is 10.3. The molecular weight excluding hydrogens is 265 g/mol. The highest BCUT2D eigenvalue weighted by Crippen LogP contribution is 2.37. The first-order chi connectivity index (χ1) is 8.66. The molecule has 1 aromatic heterocycles. The Bertz CT molecular complexity index is 601. The minimum absolute atomic E-state index is 0.559. The van der Waals surface area contributed by atoms with Gasteiger partial charge in [0.1, 0.15) is 0 Å². The molecule has 1 aliphatic carbocycles. The minimum atomic E-state index is 0.559. The van der Waals surface area contributed by atoms with Crippen molar-refractivity contribution in [1.29, 1.82) is 0 Å². The highest BCUT2D eigenvalue weighted by Gasteiger charge is 2.20. The molecule has 1 aromatic carbocycles. The summed E-state index contributed by atoms with van der Waals surface area (Å²) in [6, 6.07) is 5.93. The van der Waals surface area contributed by atoms with Crippen LogP contribution in [-0.2, 0) is 0 Å². The van der Waals surface area contributed by atoms with Gasteiger partial charge in [0.15, 0.2) is 0 Å². The number of aromatic nitrogens is 1.